The zero-order valence-corrected chi connectivity index (χ0v) is 17.3. The van der Waals surface area contributed by atoms with Gasteiger partial charge in [0, 0.05) is 32.8 Å². The number of amides is 1. The number of aromatic nitrogens is 1. The second kappa shape index (κ2) is 10.0. The average molecular weight is 396 g/mol. The molecule has 0 bridgehead atoms. The van der Waals surface area contributed by atoms with E-state index in [1.807, 2.05) is 25.1 Å². The lowest BCUT2D eigenvalue weighted by Gasteiger charge is -2.35. The Hall–Kier alpha value is -2.93. The third kappa shape index (κ3) is 5.77. The van der Waals surface area contributed by atoms with E-state index >= 15 is 0 Å². The van der Waals surface area contributed by atoms with Crippen molar-refractivity contribution >= 4 is 17.7 Å². The predicted octanol–water partition coefficient (Wildman–Crippen LogP) is 2.68. The zero-order chi connectivity index (χ0) is 20.6. The number of hydrogen-bond acceptors (Lipinski definition) is 4. The third-order valence-electron chi connectivity index (χ3n) is 4.93. The number of aliphatic imine (C=N–C) groups is 1. The van der Waals surface area contributed by atoms with Gasteiger partial charge in [0.05, 0.1) is 13.2 Å². The molecule has 1 atom stereocenters. The summed E-state index contributed by atoms with van der Waals surface area (Å²) in [5.41, 5.74) is 3.49. The first-order valence-corrected chi connectivity index (χ1v) is 9.92. The van der Waals surface area contributed by atoms with Crippen molar-refractivity contribution in [2.45, 2.75) is 26.4 Å². The van der Waals surface area contributed by atoms with Crippen LogP contribution in [0.5, 0.6) is 0 Å². The Balaban J connectivity index is 1.50. The average Bonchev–Trinajstić information content (AvgIpc) is 2.73. The number of anilines is 1. The van der Waals surface area contributed by atoms with Gasteiger partial charge in [-0.3, -0.25) is 9.79 Å². The molecule has 2 N–H and O–H groups in total. The largest absolute Gasteiger partial charge is 0.370 e. The highest BCUT2D eigenvalue weighted by Crippen LogP contribution is 2.24. The van der Waals surface area contributed by atoms with E-state index in [1.54, 1.807) is 19.3 Å². The van der Waals surface area contributed by atoms with Gasteiger partial charge in [0.15, 0.2) is 5.96 Å². The van der Waals surface area contributed by atoms with Crippen LogP contribution in [0.25, 0.3) is 0 Å². The molecule has 7 heteroatoms. The Morgan fingerprint density at radius 3 is 2.83 bits per heavy atom. The maximum absolute atomic E-state index is 12.2. The van der Waals surface area contributed by atoms with Gasteiger partial charge in [-0.05, 0) is 36.6 Å². The van der Waals surface area contributed by atoms with Crippen molar-refractivity contribution in [2.75, 3.05) is 38.6 Å². The van der Waals surface area contributed by atoms with Crippen molar-refractivity contribution in [3.63, 3.8) is 0 Å². The normalized spacial score (nSPS) is 17.1. The predicted molar refractivity (Wildman–Crippen MR) is 115 cm³/mol. The Morgan fingerprint density at radius 1 is 1.28 bits per heavy atom. The minimum atomic E-state index is -0.0796. The molecule has 1 aromatic carbocycles. The summed E-state index contributed by atoms with van der Waals surface area (Å²) < 4.78 is 5.99. The highest BCUT2D eigenvalue weighted by molar-refractivity contribution is 5.90. The van der Waals surface area contributed by atoms with Gasteiger partial charge < -0.3 is 20.3 Å². The van der Waals surface area contributed by atoms with Gasteiger partial charge in [0.2, 0.25) is 5.91 Å². The lowest BCUT2D eigenvalue weighted by molar-refractivity contribution is -0.116. The molecule has 1 unspecified atom stereocenters. The van der Waals surface area contributed by atoms with Crippen LogP contribution in [0.2, 0.25) is 0 Å². The van der Waals surface area contributed by atoms with Crippen LogP contribution in [0.1, 0.15) is 29.2 Å². The van der Waals surface area contributed by atoms with E-state index in [4.69, 9.17) is 4.74 Å². The van der Waals surface area contributed by atoms with Gasteiger partial charge in [-0.2, -0.15) is 0 Å². The standard InChI is InChI=1S/C22H29N5O2/c1-16-8-9-20(25-14-16)26-21(28)10-11-24-22(23-3)27-12-13-29-19(15-27)18-7-5-4-6-17(18)2/h4-9,14,19H,10-13,15H2,1-3H3,(H,23,24)(H,25,26,28). The van der Waals surface area contributed by atoms with Crippen molar-refractivity contribution in [3.05, 3.63) is 59.3 Å². The number of nitrogens with zero attached hydrogens (tertiary/aromatic N) is 3. The van der Waals surface area contributed by atoms with Crippen LogP contribution in [-0.4, -0.2) is 55.0 Å². The quantitative estimate of drug-likeness (QED) is 0.601. The molecule has 0 aliphatic carbocycles. The van der Waals surface area contributed by atoms with Crippen LogP contribution in [0, 0.1) is 13.8 Å². The lowest BCUT2D eigenvalue weighted by atomic mass is 10.0. The first kappa shape index (κ1) is 20.8. The van der Waals surface area contributed by atoms with Crippen molar-refractivity contribution < 1.29 is 9.53 Å². The monoisotopic (exact) mass is 395 g/mol. The molecule has 0 saturated carbocycles. The minimum Gasteiger partial charge on any atom is -0.370 e. The van der Waals surface area contributed by atoms with Crippen molar-refractivity contribution in [3.8, 4) is 0 Å². The number of carbonyl (C=O) groups is 1. The van der Waals surface area contributed by atoms with E-state index in [2.05, 4.69) is 44.6 Å². The molecular weight excluding hydrogens is 366 g/mol. The summed E-state index contributed by atoms with van der Waals surface area (Å²) in [6, 6.07) is 12.0. The fourth-order valence-electron chi connectivity index (χ4n) is 3.35. The number of hydrogen-bond donors (Lipinski definition) is 2. The van der Waals surface area contributed by atoms with Crippen LogP contribution in [0.15, 0.2) is 47.6 Å². The number of benzene rings is 1. The summed E-state index contributed by atoms with van der Waals surface area (Å²) >= 11 is 0. The summed E-state index contributed by atoms with van der Waals surface area (Å²) in [5, 5.41) is 6.10. The molecule has 0 spiro atoms. The molecular formula is C22H29N5O2. The summed E-state index contributed by atoms with van der Waals surface area (Å²) in [4.78, 5) is 22.9. The van der Waals surface area contributed by atoms with E-state index in [0.29, 0.717) is 25.4 Å². The van der Waals surface area contributed by atoms with E-state index in [1.165, 1.54) is 11.1 Å². The minimum absolute atomic E-state index is 0.0133. The Labute approximate surface area is 172 Å². The number of rotatable bonds is 5. The molecule has 0 radical (unpaired) electrons. The maximum Gasteiger partial charge on any atom is 0.227 e. The summed E-state index contributed by atoms with van der Waals surface area (Å²) in [7, 11) is 1.76. The van der Waals surface area contributed by atoms with Crippen LogP contribution >= 0.6 is 0 Å². The summed E-state index contributed by atoms with van der Waals surface area (Å²) in [6.07, 6.45) is 2.08. The fraction of sp³-hybridized carbons (Fsp3) is 0.409. The van der Waals surface area contributed by atoms with Gasteiger partial charge in [0.1, 0.15) is 11.9 Å². The van der Waals surface area contributed by atoms with Gasteiger partial charge in [-0.15, -0.1) is 0 Å². The Kier molecular flexibility index (Phi) is 7.19. The number of pyridine rings is 1. The molecule has 1 amide bonds. The number of nitrogens with one attached hydrogen (secondary N) is 2. The number of morpholine rings is 1. The molecule has 7 nitrogen and oxygen atoms in total. The second-order valence-electron chi connectivity index (χ2n) is 7.15. The Bertz CT molecular complexity index is 851. The van der Waals surface area contributed by atoms with Gasteiger partial charge in [-0.1, -0.05) is 30.3 Å². The molecule has 3 rings (SSSR count). The van der Waals surface area contributed by atoms with Crippen molar-refractivity contribution in [2.24, 2.45) is 4.99 Å². The van der Waals surface area contributed by atoms with E-state index in [0.717, 1.165) is 24.6 Å². The van der Waals surface area contributed by atoms with E-state index in [9.17, 15) is 4.79 Å². The lowest BCUT2D eigenvalue weighted by Crippen LogP contribution is -2.48. The molecule has 1 fully saturated rings. The number of aryl methyl sites for hydroxylation is 2. The molecule has 29 heavy (non-hydrogen) atoms. The number of guanidine groups is 1. The van der Waals surface area contributed by atoms with Gasteiger partial charge in [0.25, 0.3) is 0 Å². The van der Waals surface area contributed by atoms with Crippen LogP contribution in [0.3, 0.4) is 0 Å². The smallest absolute Gasteiger partial charge is 0.227 e. The first-order chi connectivity index (χ1) is 14.1. The fourth-order valence-corrected chi connectivity index (χ4v) is 3.35. The first-order valence-electron chi connectivity index (χ1n) is 9.92. The summed E-state index contributed by atoms with van der Waals surface area (Å²) in [6.45, 7) is 6.69. The van der Waals surface area contributed by atoms with Crippen molar-refractivity contribution in [1.82, 2.24) is 15.2 Å². The molecule has 1 aromatic heterocycles. The Morgan fingerprint density at radius 2 is 2.10 bits per heavy atom. The number of carbonyl (C=O) groups excluding carboxylic acids is 1. The van der Waals surface area contributed by atoms with Crippen molar-refractivity contribution in [1.29, 1.82) is 0 Å². The van der Waals surface area contributed by atoms with Gasteiger partial charge >= 0.3 is 0 Å². The SMILES string of the molecule is CN=C(NCCC(=O)Nc1ccc(C)cn1)N1CCOC(c2ccccc2C)C1. The van der Waals surface area contributed by atoms with Gasteiger partial charge in [-0.25, -0.2) is 4.98 Å². The second-order valence-corrected chi connectivity index (χ2v) is 7.15. The van der Waals surface area contributed by atoms with Crippen LogP contribution in [-0.2, 0) is 9.53 Å². The molecule has 154 valence electrons. The molecule has 1 aliphatic rings. The molecule has 1 saturated heterocycles. The summed E-state index contributed by atoms with van der Waals surface area (Å²) in [5.74, 6) is 1.27. The van der Waals surface area contributed by atoms with E-state index < -0.39 is 0 Å². The highest BCUT2D eigenvalue weighted by atomic mass is 16.5. The zero-order valence-electron chi connectivity index (χ0n) is 17.3. The van der Waals surface area contributed by atoms with Crippen LogP contribution in [0.4, 0.5) is 5.82 Å². The third-order valence-corrected chi connectivity index (χ3v) is 4.93. The molecule has 2 heterocycles. The molecule has 2 aromatic rings. The van der Waals surface area contributed by atoms with E-state index in [-0.39, 0.29) is 12.0 Å². The number of ether oxygens (including phenoxy) is 1. The highest BCUT2D eigenvalue weighted by Gasteiger charge is 2.25. The van der Waals surface area contributed by atoms with Crippen LogP contribution < -0.4 is 10.6 Å². The topological polar surface area (TPSA) is 78.8 Å². The molecule has 1 aliphatic heterocycles. The maximum atomic E-state index is 12.2.